The average molecular weight is 178 g/mol. The Morgan fingerprint density at radius 2 is 2.18 bits per heavy atom. The molecule has 0 aliphatic rings. The van der Waals surface area contributed by atoms with Gasteiger partial charge in [-0.3, -0.25) is 5.43 Å². The lowest BCUT2D eigenvalue weighted by atomic mass is 10.5. The molecule has 0 unspecified atom stereocenters. The van der Waals surface area contributed by atoms with Gasteiger partial charge >= 0.3 is 0 Å². The Morgan fingerprint density at radius 1 is 1.55 bits per heavy atom. The van der Waals surface area contributed by atoms with Crippen LogP contribution in [-0.2, 0) is 6.42 Å². The minimum absolute atomic E-state index is 0. The van der Waals surface area contributed by atoms with Gasteiger partial charge in [0.25, 0.3) is 5.95 Å². The normalized spacial score (nSPS) is 8.91. The molecule has 0 fully saturated rings. The highest BCUT2D eigenvalue weighted by Gasteiger charge is 2.03. The molecule has 11 heavy (non-hydrogen) atoms. The third kappa shape index (κ3) is 1.72. The average Bonchev–Trinajstić information content (AvgIpc) is 2.30. The first-order valence-electron chi connectivity index (χ1n) is 2.95. The van der Waals surface area contributed by atoms with Crippen LogP contribution >= 0.6 is 0 Å². The van der Waals surface area contributed by atoms with E-state index < -0.39 is 0 Å². The number of anilines is 1. The lowest BCUT2D eigenvalue weighted by Gasteiger charge is -1.98. The van der Waals surface area contributed by atoms with Gasteiger partial charge in [-0.25, -0.2) is 10.5 Å². The summed E-state index contributed by atoms with van der Waals surface area (Å²) in [5.74, 6) is 11.6. The second kappa shape index (κ2) is 3.99. The van der Waals surface area contributed by atoms with Gasteiger partial charge < -0.3 is 18.2 Å². The molecule has 0 spiro atoms. The van der Waals surface area contributed by atoms with Gasteiger partial charge in [0.05, 0.1) is 0 Å². The van der Waals surface area contributed by atoms with Crippen LogP contribution in [0.3, 0.4) is 0 Å². The molecule has 1 rings (SSSR count). The van der Waals surface area contributed by atoms with Crippen molar-refractivity contribution in [3.8, 4) is 0 Å². The molecule has 1 heterocycles. The SMILES string of the molecule is CCc1nnc(NN)n1N.[Cl-]. The lowest BCUT2D eigenvalue weighted by molar-refractivity contribution is -0.00000240. The number of hydrogen-bond donors (Lipinski definition) is 3. The first-order chi connectivity index (χ1) is 4.79. The first-order valence-corrected chi connectivity index (χ1v) is 2.95. The van der Waals surface area contributed by atoms with E-state index >= 15 is 0 Å². The fourth-order valence-electron chi connectivity index (χ4n) is 0.663. The van der Waals surface area contributed by atoms with Crippen LogP contribution < -0.4 is 29.5 Å². The number of hydrazine groups is 1. The maximum Gasteiger partial charge on any atom is 0.257 e. The van der Waals surface area contributed by atoms with Crippen molar-refractivity contribution in [1.29, 1.82) is 0 Å². The summed E-state index contributed by atoms with van der Waals surface area (Å²) in [6.45, 7) is 1.94. The lowest BCUT2D eigenvalue weighted by Crippen LogP contribution is -3.00. The zero-order valence-corrected chi connectivity index (χ0v) is 6.84. The molecule has 5 N–H and O–H groups in total. The van der Waals surface area contributed by atoms with E-state index in [0.717, 1.165) is 6.42 Å². The monoisotopic (exact) mass is 177 g/mol. The Kier molecular flexibility index (Phi) is 3.63. The Balaban J connectivity index is 0.000001000. The third-order valence-corrected chi connectivity index (χ3v) is 1.21. The summed E-state index contributed by atoms with van der Waals surface area (Å²) in [5.41, 5.74) is 2.31. The number of nitrogens with two attached hydrogens (primary N) is 2. The van der Waals surface area contributed by atoms with Gasteiger partial charge in [0.1, 0.15) is 0 Å². The van der Waals surface area contributed by atoms with Gasteiger partial charge in [0.2, 0.25) is 0 Å². The molecule has 0 aliphatic carbocycles. The molecule has 0 atom stereocenters. The molecule has 0 aliphatic heterocycles. The summed E-state index contributed by atoms with van der Waals surface area (Å²) in [4.78, 5) is 0. The van der Waals surface area contributed by atoms with Crippen LogP contribution in [-0.4, -0.2) is 14.9 Å². The molecule has 7 heteroatoms. The van der Waals surface area contributed by atoms with E-state index in [9.17, 15) is 0 Å². The van der Waals surface area contributed by atoms with Crippen molar-refractivity contribution in [2.24, 2.45) is 5.84 Å². The number of aryl methyl sites for hydroxylation is 1. The van der Waals surface area contributed by atoms with Crippen LogP contribution in [0.5, 0.6) is 0 Å². The topological polar surface area (TPSA) is 94.8 Å². The van der Waals surface area contributed by atoms with Crippen molar-refractivity contribution in [3.05, 3.63) is 5.82 Å². The molecule has 0 aromatic carbocycles. The fourth-order valence-corrected chi connectivity index (χ4v) is 0.663. The van der Waals surface area contributed by atoms with Crippen LogP contribution in [0.2, 0.25) is 0 Å². The van der Waals surface area contributed by atoms with E-state index in [1.54, 1.807) is 0 Å². The highest BCUT2D eigenvalue weighted by atomic mass is 35.5. The summed E-state index contributed by atoms with van der Waals surface area (Å²) < 4.78 is 1.32. The number of halogens is 1. The molecule has 0 saturated heterocycles. The van der Waals surface area contributed by atoms with Gasteiger partial charge in [-0.15, -0.1) is 10.2 Å². The highest BCUT2D eigenvalue weighted by Crippen LogP contribution is 1.99. The van der Waals surface area contributed by atoms with Gasteiger partial charge in [-0.05, 0) is 0 Å². The molecule has 0 radical (unpaired) electrons. The number of nitrogen functional groups attached to an aromatic ring is 2. The molecule has 64 valence electrons. The van der Waals surface area contributed by atoms with Crippen molar-refractivity contribution in [3.63, 3.8) is 0 Å². The third-order valence-electron chi connectivity index (χ3n) is 1.21. The molecule has 0 saturated carbocycles. The smallest absolute Gasteiger partial charge is 0.257 e. The van der Waals surface area contributed by atoms with E-state index in [1.807, 2.05) is 6.92 Å². The standard InChI is InChI=1S/C4H10N6.ClH/c1-2-3-8-9-4(7-5)10(3)6;/h2,5-6H2,1H3,(H,7,9);1H/p-1. The van der Waals surface area contributed by atoms with Gasteiger partial charge in [0.15, 0.2) is 5.82 Å². The van der Waals surface area contributed by atoms with Crippen molar-refractivity contribution < 1.29 is 12.4 Å². The Labute approximate surface area is 70.3 Å². The maximum absolute atomic E-state index is 5.47. The van der Waals surface area contributed by atoms with E-state index in [2.05, 4.69) is 15.6 Å². The predicted molar refractivity (Wildman–Crippen MR) is 37.4 cm³/mol. The Morgan fingerprint density at radius 3 is 2.45 bits per heavy atom. The zero-order valence-electron chi connectivity index (χ0n) is 6.08. The van der Waals surface area contributed by atoms with Gasteiger partial charge in [-0.1, -0.05) is 6.92 Å². The number of nitrogens with zero attached hydrogens (tertiary/aromatic N) is 3. The summed E-state index contributed by atoms with van der Waals surface area (Å²) in [5, 5.41) is 7.41. The number of aromatic nitrogens is 3. The molecule has 0 amide bonds. The quantitative estimate of drug-likeness (QED) is 0.315. The van der Waals surface area contributed by atoms with Crippen LogP contribution in [0, 0.1) is 0 Å². The van der Waals surface area contributed by atoms with Crippen molar-refractivity contribution in [2.75, 3.05) is 11.3 Å². The number of rotatable bonds is 2. The zero-order chi connectivity index (χ0) is 7.56. The summed E-state index contributed by atoms with van der Waals surface area (Å²) >= 11 is 0. The van der Waals surface area contributed by atoms with Crippen molar-refractivity contribution in [1.82, 2.24) is 14.9 Å². The molecule has 1 aromatic rings. The predicted octanol–water partition coefficient (Wildman–Crippen LogP) is -4.16. The van der Waals surface area contributed by atoms with E-state index in [4.69, 9.17) is 11.7 Å². The Hall–Kier alpha value is -1.01. The summed E-state index contributed by atoms with van der Waals surface area (Å²) in [6.07, 6.45) is 0.741. The summed E-state index contributed by atoms with van der Waals surface area (Å²) in [7, 11) is 0. The Bertz CT molecular complexity index is 199. The second-order valence-corrected chi connectivity index (χ2v) is 1.81. The molecule has 0 bridgehead atoms. The van der Waals surface area contributed by atoms with E-state index in [-0.39, 0.29) is 12.4 Å². The minimum atomic E-state index is 0. The van der Waals surface area contributed by atoms with Crippen LogP contribution in [0.1, 0.15) is 12.7 Å². The van der Waals surface area contributed by atoms with Gasteiger partial charge in [-0.2, -0.15) is 0 Å². The highest BCUT2D eigenvalue weighted by molar-refractivity contribution is 5.23. The molecular weight excluding hydrogens is 168 g/mol. The van der Waals surface area contributed by atoms with Gasteiger partial charge in [0, 0.05) is 6.42 Å². The number of nitrogens with one attached hydrogen (secondary N) is 1. The number of hydrogen-bond acceptors (Lipinski definition) is 5. The minimum Gasteiger partial charge on any atom is -1.00 e. The van der Waals surface area contributed by atoms with Crippen molar-refractivity contribution in [2.45, 2.75) is 13.3 Å². The van der Waals surface area contributed by atoms with E-state index in [1.165, 1.54) is 4.68 Å². The van der Waals surface area contributed by atoms with E-state index in [0.29, 0.717) is 11.8 Å². The maximum atomic E-state index is 5.47. The van der Waals surface area contributed by atoms with Crippen LogP contribution in [0.25, 0.3) is 0 Å². The van der Waals surface area contributed by atoms with Crippen LogP contribution in [0.15, 0.2) is 0 Å². The first kappa shape index (κ1) is 9.99. The van der Waals surface area contributed by atoms with Crippen molar-refractivity contribution >= 4 is 5.95 Å². The van der Waals surface area contributed by atoms with Crippen LogP contribution in [0.4, 0.5) is 5.95 Å². The molecule has 6 nitrogen and oxygen atoms in total. The summed E-state index contributed by atoms with van der Waals surface area (Å²) in [6, 6.07) is 0. The molecule has 1 aromatic heterocycles. The largest absolute Gasteiger partial charge is 1.00 e. The molecular formula is C4H10ClN6-. The second-order valence-electron chi connectivity index (χ2n) is 1.81. The fraction of sp³-hybridized carbons (Fsp3) is 0.500.